The molecule has 49 nitrogen and oxygen atoms in total. The van der Waals surface area contributed by atoms with Crippen molar-refractivity contribution in [3.63, 3.8) is 0 Å². The lowest BCUT2D eigenvalue weighted by Crippen LogP contribution is -2.64. The van der Waals surface area contributed by atoms with Gasteiger partial charge in [0, 0.05) is 0 Å². The van der Waals surface area contributed by atoms with Crippen molar-refractivity contribution in [2.75, 3.05) is 79.3 Å². The molecule has 12 fully saturated rings. The van der Waals surface area contributed by atoms with E-state index in [1.54, 1.807) is 0 Å². The first-order valence-electron chi connectivity index (χ1n) is 35.1. The standard InChI is InChI=1S/C60H98O49/c61-13-1-88-50(38(75)25(13)62)100-15-3-90-52(40(77)27(15)64)102-17-5-92-54(42(79)29(17)66)104-19-7-94-56(44(81)31(19)68)106-21-9-96-58(46(83)33(21)70)108-23-11-98-60(48(85)35(23)72)109-24-12-97-59(47(84)36(24)73)107-22-10-95-57(45(82)34(22)71)105-20-8-93-55(43(80)32(20)69)103-18-6-91-53(41(78)30(18)67)101-16-4-89-51(39(76)28(16)65)99-14-2-87-49(86)37(74)26(14)63/h13-86H,1-12H2/t13-,14-,15-,16-,17-,18-,19-,20-,21-,22-,23-,24-,25+,26+,27+,28+,29+,30+,31+,32+,33+,34+,35+,36+,37?,38?,39?,40?,41?,42?,43?,44?,45?,46?,47?,48?,49-,50+,51-,52+,53-,54-,55-,56-,57-,58-,59-,60-/m1/s1. The molecule has 0 saturated carbocycles. The Morgan fingerprint density at radius 2 is 0.248 bits per heavy atom. The molecule has 12 rings (SSSR count). The van der Waals surface area contributed by atoms with Gasteiger partial charge >= 0.3 is 0 Å². The summed E-state index contributed by atoms with van der Waals surface area (Å²) < 4.78 is 127. The summed E-state index contributed by atoms with van der Waals surface area (Å²) in [4.78, 5) is 0. The number of ether oxygens (including phenoxy) is 23. The molecule has 0 aromatic rings. The first-order chi connectivity index (χ1) is 51.8. The predicted molar refractivity (Wildman–Crippen MR) is 323 cm³/mol. The van der Waals surface area contributed by atoms with Crippen molar-refractivity contribution < 1.29 is 242 Å². The van der Waals surface area contributed by atoms with E-state index in [-0.39, 0.29) is 0 Å². The average Bonchev–Trinajstić information content (AvgIpc) is 0.799. The van der Waals surface area contributed by atoms with Gasteiger partial charge in [0.1, 0.15) is 220 Å². The molecule has 12 aliphatic rings. The van der Waals surface area contributed by atoms with Gasteiger partial charge in [0.2, 0.25) is 0 Å². The molecule has 49 heteroatoms. The maximum atomic E-state index is 11.1. The lowest BCUT2D eigenvalue weighted by atomic mass is 10.0. The van der Waals surface area contributed by atoms with Crippen molar-refractivity contribution in [1.29, 1.82) is 0 Å². The van der Waals surface area contributed by atoms with Gasteiger partial charge in [-0.1, -0.05) is 0 Å². The topological polar surface area (TPSA) is 738 Å². The summed E-state index contributed by atoms with van der Waals surface area (Å²) in [6, 6.07) is 0. The molecule has 12 unspecified atom stereocenters. The maximum Gasteiger partial charge on any atom is 0.186 e. The minimum atomic E-state index is -1.97. The second-order valence-electron chi connectivity index (χ2n) is 28.2. The van der Waals surface area contributed by atoms with Crippen LogP contribution in [0.4, 0.5) is 0 Å². The van der Waals surface area contributed by atoms with Crippen molar-refractivity contribution in [3.05, 3.63) is 0 Å². The zero-order valence-corrected chi connectivity index (χ0v) is 57.2. The van der Waals surface area contributed by atoms with Gasteiger partial charge < -0.3 is 242 Å². The van der Waals surface area contributed by atoms with Crippen LogP contribution in [-0.4, -0.2) is 507 Å². The van der Waals surface area contributed by atoms with Gasteiger partial charge in [-0.25, -0.2) is 0 Å². The summed E-state index contributed by atoms with van der Waals surface area (Å²) in [5.74, 6) is 0. The molecule has 0 bridgehead atoms. The van der Waals surface area contributed by atoms with Crippen molar-refractivity contribution in [1.82, 2.24) is 0 Å². The Hall–Kier alpha value is -1.96. The number of aliphatic hydroxyl groups is 26. The third-order valence-electron chi connectivity index (χ3n) is 20.7. The van der Waals surface area contributed by atoms with Crippen molar-refractivity contribution >= 4 is 0 Å². The van der Waals surface area contributed by atoms with E-state index >= 15 is 0 Å². The van der Waals surface area contributed by atoms with E-state index in [0.29, 0.717) is 0 Å². The van der Waals surface area contributed by atoms with Crippen molar-refractivity contribution in [2.45, 2.75) is 295 Å². The molecule has 0 aliphatic carbocycles. The van der Waals surface area contributed by atoms with Gasteiger partial charge in [-0.15, -0.1) is 0 Å². The van der Waals surface area contributed by atoms with Crippen LogP contribution in [0.25, 0.3) is 0 Å². The van der Waals surface area contributed by atoms with E-state index in [9.17, 15) is 133 Å². The van der Waals surface area contributed by atoms with E-state index in [2.05, 4.69) is 0 Å². The molecule has 48 atom stereocenters. The normalized spacial score (nSPS) is 54.8. The molecule has 12 saturated heterocycles. The molecule has 109 heavy (non-hydrogen) atoms. The van der Waals surface area contributed by atoms with Crippen LogP contribution >= 0.6 is 0 Å². The van der Waals surface area contributed by atoms with Crippen LogP contribution in [0, 0.1) is 0 Å². The van der Waals surface area contributed by atoms with Gasteiger partial charge in [-0.05, 0) is 0 Å². The average molecular weight is 1600 g/mol. The summed E-state index contributed by atoms with van der Waals surface area (Å²) in [6.07, 6.45) is -81.6. The summed E-state index contributed by atoms with van der Waals surface area (Å²) in [5, 5.41) is 279. The molecular weight excluding hydrogens is 1500 g/mol. The van der Waals surface area contributed by atoms with E-state index < -0.39 is 375 Å². The van der Waals surface area contributed by atoms with Gasteiger partial charge in [0.15, 0.2) is 75.5 Å². The second kappa shape index (κ2) is 37.3. The van der Waals surface area contributed by atoms with E-state index in [1.165, 1.54) is 0 Å². The molecule has 12 heterocycles. The monoisotopic (exact) mass is 1600 g/mol. The summed E-state index contributed by atoms with van der Waals surface area (Å²) in [5.41, 5.74) is 0. The van der Waals surface area contributed by atoms with E-state index in [1.807, 2.05) is 0 Å². The SMILES string of the molecule is OC1[C@H](O[C@@H]2CO[C@@H](O[C@@H]3CO[C@H](O[C@@H]4CO[C@H](O[C@@H]5CO[C@H](O[C@@H]6CO[C@H](O[C@@H]7CO[C@H](O[C@@H]8CO[C@H](O[C@@H]9CO[C@H](O[C@@H]%10CO[C@H](O[C@@H]%11CO[C@H](O[C@@H]%12CO[C@@H](O)C(O)[C@H]%12O)C(O)[C@H]%11O)C(O)[C@H]%10O)C(O)[C@H]9O)C(O)[C@H]8O)C(O)[C@H]7O)C(O)[C@H]6O)C(O)[C@H]5O)C(O)[C@H]4O)C(O)[C@H]3O)C(O)[C@H]2O)OC[C@@H](O)[C@@H]1O. The first kappa shape index (κ1) is 86.4. The molecule has 26 N–H and O–H groups in total. The van der Waals surface area contributed by atoms with Crippen molar-refractivity contribution in [3.8, 4) is 0 Å². The fraction of sp³-hybridized carbons (Fsp3) is 1.00. The summed E-state index contributed by atoms with van der Waals surface area (Å²) in [7, 11) is 0. The Labute approximate surface area is 614 Å². The largest absolute Gasteiger partial charge is 0.388 e. The highest BCUT2D eigenvalue weighted by atomic mass is 16.8. The quantitative estimate of drug-likeness (QED) is 0.0479. The smallest absolute Gasteiger partial charge is 0.186 e. The third kappa shape index (κ3) is 19.0. The number of hydrogen-bond acceptors (Lipinski definition) is 49. The lowest BCUT2D eigenvalue weighted by Gasteiger charge is -2.46. The van der Waals surface area contributed by atoms with Crippen LogP contribution in [0.5, 0.6) is 0 Å². The van der Waals surface area contributed by atoms with Crippen LogP contribution in [0.1, 0.15) is 0 Å². The van der Waals surface area contributed by atoms with Gasteiger partial charge in [0.05, 0.1) is 79.3 Å². The first-order valence-corrected chi connectivity index (χ1v) is 35.1. The Morgan fingerprint density at radius 1 is 0.128 bits per heavy atom. The molecule has 12 aliphatic heterocycles. The van der Waals surface area contributed by atoms with Crippen LogP contribution < -0.4 is 0 Å². The minimum Gasteiger partial charge on any atom is -0.388 e. The minimum absolute atomic E-state index is 0.405. The number of rotatable bonds is 22. The van der Waals surface area contributed by atoms with Crippen LogP contribution in [0.2, 0.25) is 0 Å². The summed E-state index contributed by atoms with van der Waals surface area (Å²) >= 11 is 0. The number of hydrogen-bond donors (Lipinski definition) is 26. The van der Waals surface area contributed by atoms with Gasteiger partial charge in [0.25, 0.3) is 0 Å². The lowest BCUT2D eigenvalue weighted by molar-refractivity contribution is -0.371. The maximum absolute atomic E-state index is 11.1. The Kier molecular flexibility index (Phi) is 29.6. The van der Waals surface area contributed by atoms with Gasteiger partial charge in [-0.2, -0.15) is 0 Å². The fourth-order valence-corrected chi connectivity index (χ4v) is 13.8. The molecule has 632 valence electrons. The molecule has 0 radical (unpaired) electrons. The highest BCUT2D eigenvalue weighted by molar-refractivity contribution is 4.98. The molecule has 0 amide bonds. The highest BCUT2D eigenvalue weighted by Gasteiger charge is 2.56. The second-order valence-corrected chi connectivity index (χ2v) is 28.2. The third-order valence-corrected chi connectivity index (χ3v) is 20.7. The van der Waals surface area contributed by atoms with Crippen LogP contribution in [0.15, 0.2) is 0 Å². The van der Waals surface area contributed by atoms with Crippen LogP contribution in [-0.2, 0) is 109 Å². The van der Waals surface area contributed by atoms with Crippen molar-refractivity contribution in [2.24, 2.45) is 0 Å². The Morgan fingerprint density at radius 3 is 0.404 bits per heavy atom. The van der Waals surface area contributed by atoms with E-state index in [0.717, 1.165) is 0 Å². The molecule has 0 aromatic heterocycles. The zero-order chi connectivity index (χ0) is 78.5. The zero-order valence-electron chi connectivity index (χ0n) is 57.2. The van der Waals surface area contributed by atoms with E-state index in [4.69, 9.17) is 109 Å². The Bertz CT molecular complexity index is 2610. The number of aliphatic hydroxyl groups excluding tert-OH is 26. The highest BCUT2D eigenvalue weighted by Crippen LogP contribution is 2.36. The summed E-state index contributed by atoms with van der Waals surface area (Å²) in [6.45, 7) is -6.32. The fourth-order valence-electron chi connectivity index (χ4n) is 13.8. The Balaban J connectivity index is 0.520. The molecule has 0 spiro atoms. The van der Waals surface area contributed by atoms with Gasteiger partial charge in [-0.3, -0.25) is 0 Å². The van der Waals surface area contributed by atoms with Crippen LogP contribution in [0.3, 0.4) is 0 Å². The predicted octanol–water partition coefficient (Wildman–Crippen LogP) is -19.5. The molecule has 0 aromatic carbocycles. The molecular formula is C60H98O49.